The van der Waals surface area contributed by atoms with Crippen molar-refractivity contribution in [2.75, 3.05) is 26.2 Å². The first-order valence-corrected chi connectivity index (χ1v) is 12.2. The molecule has 0 radical (unpaired) electrons. The summed E-state index contributed by atoms with van der Waals surface area (Å²) in [6.07, 6.45) is 1.76. The van der Waals surface area contributed by atoms with Crippen molar-refractivity contribution in [2.24, 2.45) is 0 Å². The zero-order chi connectivity index (χ0) is 22.3. The van der Waals surface area contributed by atoms with E-state index in [0.717, 1.165) is 18.4 Å². The molecule has 8 nitrogen and oxygen atoms in total. The molecular weight excluding hydrogens is 452 g/mol. The number of amides is 1. The maximum atomic E-state index is 12.8. The minimum Gasteiger partial charge on any atom is -0.339 e. The predicted octanol–water partition coefficient (Wildman–Crippen LogP) is 3.41. The number of hydrogen-bond acceptors (Lipinski definition) is 6. The molecule has 32 heavy (non-hydrogen) atoms. The highest BCUT2D eigenvalue weighted by Gasteiger charge is 2.36. The molecule has 0 spiro atoms. The highest BCUT2D eigenvalue weighted by atomic mass is 35.5. The Kier molecular flexibility index (Phi) is 5.48. The van der Waals surface area contributed by atoms with E-state index in [1.54, 1.807) is 29.2 Å². The first-order chi connectivity index (χ1) is 15.4. The van der Waals surface area contributed by atoms with Crippen LogP contribution in [-0.2, 0) is 10.0 Å². The van der Waals surface area contributed by atoms with Crippen molar-refractivity contribution >= 4 is 27.5 Å². The number of benzene rings is 2. The molecular formula is C22H21ClN4O4S. The maximum Gasteiger partial charge on any atom is 0.253 e. The summed E-state index contributed by atoms with van der Waals surface area (Å²) in [5.74, 6) is 0.758. The van der Waals surface area contributed by atoms with E-state index in [1.165, 1.54) is 16.4 Å². The van der Waals surface area contributed by atoms with E-state index in [4.69, 9.17) is 16.1 Å². The standard InChI is InChI=1S/C22H21ClN4O4S/c23-18-5-3-4-16(12-18)20-24-21(31-25-20)17-13-26(14-17)22(28)15-6-8-19(9-7-15)32(29,30)27-10-1-2-11-27/h3-9,12,17H,1-2,10-11,13-14H2. The molecule has 1 aromatic heterocycles. The summed E-state index contributed by atoms with van der Waals surface area (Å²) in [5, 5.41) is 4.61. The third-order valence-electron chi connectivity index (χ3n) is 5.85. The summed E-state index contributed by atoms with van der Waals surface area (Å²) in [4.78, 5) is 19.1. The Morgan fingerprint density at radius 1 is 1.06 bits per heavy atom. The zero-order valence-electron chi connectivity index (χ0n) is 17.1. The topological polar surface area (TPSA) is 96.6 Å². The van der Waals surface area contributed by atoms with Crippen LogP contribution in [0.4, 0.5) is 0 Å². The van der Waals surface area contributed by atoms with Gasteiger partial charge in [0.25, 0.3) is 5.91 Å². The monoisotopic (exact) mass is 472 g/mol. The van der Waals surface area contributed by atoms with Gasteiger partial charge in [0.2, 0.25) is 21.7 Å². The van der Waals surface area contributed by atoms with Gasteiger partial charge >= 0.3 is 0 Å². The van der Waals surface area contributed by atoms with E-state index < -0.39 is 10.0 Å². The summed E-state index contributed by atoms with van der Waals surface area (Å²) in [7, 11) is -3.49. The van der Waals surface area contributed by atoms with Crippen molar-refractivity contribution in [1.29, 1.82) is 0 Å². The summed E-state index contributed by atoms with van der Waals surface area (Å²) in [6.45, 7) is 2.02. The molecule has 2 aliphatic heterocycles. The number of hydrogen-bond donors (Lipinski definition) is 0. The van der Waals surface area contributed by atoms with Crippen LogP contribution < -0.4 is 0 Å². The van der Waals surface area contributed by atoms with Gasteiger partial charge in [-0.05, 0) is 49.2 Å². The van der Waals surface area contributed by atoms with Crippen LogP contribution in [0.25, 0.3) is 11.4 Å². The number of aromatic nitrogens is 2. The molecule has 0 bridgehead atoms. The summed E-state index contributed by atoms with van der Waals surface area (Å²) in [6, 6.07) is 13.4. The van der Waals surface area contributed by atoms with Gasteiger partial charge in [-0.15, -0.1) is 0 Å². The molecule has 10 heteroatoms. The molecule has 5 rings (SSSR count). The molecule has 0 atom stereocenters. The van der Waals surface area contributed by atoms with Gasteiger partial charge in [0.05, 0.1) is 10.8 Å². The molecule has 0 saturated carbocycles. The van der Waals surface area contributed by atoms with Crippen LogP contribution in [0.1, 0.15) is 35.0 Å². The smallest absolute Gasteiger partial charge is 0.253 e. The van der Waals surface area contributed by atoms with E-state index >= 15 is 0 Å². The van der Waals surface area contributed by atoms with Gasteiger partial charge in [0.1, 0.15) is 0 Å². The second-order valence-electron chi connectivity index (χ2n) is 8.01. The highest BCUT2D eigenvalue weighted by Crippen LogP contribution is 2.30. The van der Waals surface area contributed by atoms with Gasteiger partial charge in [-0.1, -0.05) is 28.9 Å². The maximum absolute atomic E-state index is 12.8. The lowest BCUT2D eigenvalue weighted by molar-refractivity contribution is 0.0569. The molecule has 0 unspecified atom stereocenters. The Hall–Kier alpha value is -2.75. The number of sulfonamides is 1. The Morgan fingerprint density at radius 3 is 2.47 bits per heavy atom. The zero-order valence-corrected chi connectivity index (χ0v) is 18.7. The molecule has 0 aliphatic carbocycles. The predicted molar refractivity (Wildman–Crippen MR) is 118 cm³/mol. The van der Waals surface area contributed by atoms with Gasteiger partial charge in [-0.2, -0.15) is 9.29 Å². The molecule has 1 amide bonds. The molecule has 166 valence electrons. The van der Waals surface area contributed by atoms with Crippen LogP contribution in [0.2, 0.25) is 5.02 Å². The lowest BCUT2D eigenvalue weighted by Crippen LogP contribution is -2.48. The molecule has 2 aromatic carbocycles. The second-order valence-corrected chi connectivity index (χ2v) is 10.4. The average molecular weight is 473 g/mol. The summed E-state index contributed by atoms with van der Waals surface area (Å²) >= 11 is 6.02. The number of carbonyl (C=O) groups excluding carboxylic acids is 1. The van der Waals surface area contributed by atoms with Crippen LogP contribution in [0, 0.1) is 0 Å². The van der Waals surface area contributed by atoms with Crippen molar-refractivity contribution in [3.05, 3.63) is 65.0 Å². The Balaban J connectivity index is 1.22. The fourth-order valence-electron chi connectivity index (χ4n) is 3.98. The van der Waals surface area contributed by atoms with Gasteiger partial charge in [-0.25, -0.2) is 8.42 Å². The third kappa shape index (κ3) is 3.92. The molecule has 3 aromatic rings. The van der Waals surface area contributed by atoms with Crippen molar-refractivity contribution in [3.63, 3.8) is 0 Å². The first-order valence-electron chi connectivity index (χ1n) is 10.4. The summed E-state index contributed by atoms with van der Waals surface area (Å²) in [5.41, 5.74) is 1.22. The highest BCUT2D eigenvalue weighted by molar-refractivity contribution is 7.89. The van der Waals surface area contributed by atoms with Crippen LogP contribution in [0.5, 0.6) is 0 Å². The first kappa shape index (κ1) is 21.1. The van der Waals surface area contributed by atoms with Crippen molar-refractivity contribution in [2.45, 2.75) is 23.7 Å². The van der Waals surface area contributed by atoms with Crippen molar-refractivity contribution < 1.29 is 17.7 Å². The minimum absolute atomic E-state index is 0.0331. The Labute approximate surface area is 190 Å². The van der Waals surface area contributed by atoms with Gasteiger partial charge in [0, 0.05) is 42.3 Å². The molecule has 2 aliphatic rings. The Morgan fingerprint density at radius 2 is 1.78 bits per heavy atom. The van der Waals surface area contributed by atoms with E-state index in [-0.39, 0.29) is 16.7 Å². The van der Waals surface area contributed by atoms with Crippen molar-refractivity contribution in [1.82, 2.24) is 19.3 Å². The second kappa shape index (κ2) is 8.31. The van der Waals surface area contributed by atoms with Gasteiger partial charge in [-0.3, -0.25) is 4.79 Å². The normalized spacial score (nSPS) is 17.5. The minimum atomic E-state index is -3.49. The summed E-state index contributed by atoms with van der Waals surface area (Å²) < 4.78 is 32.2. The molecule has 3 heterocycles. The number of nitrogens with zero attached hydrogens (tertiary/aromatic N) is 4. The molecule has 2 fully saturated rings. The average Bonchev–Trinajstić information content (AvgIpc) is 3.46. The van der Waals surface area contributed by atoms with Gasteiger partial charge < -0.3 is 9.42 Å². The number of halogens is 1. The van der Waals surface area contributed by atoms with E-state index in [1.807, 2.05) is 12.1 Å². The fourth-order valence-corrected chi connectivity index (χ4v) is 5.68. The third-order valence-corrected chi connectivity index (χ3v) is 7.99. The van der Waals surface area contributed by atoms with Crippen LogP contribution in [-0.4, -0.2) is 59.8 Å². The number of likely N-dealkylation sites (tertiary alicyclic amines) is 1. The van der Waals surface area contributed by atoms with E-state index in [2.05, 4.69) is 10.1 Å². The number of rotatable bonds is 5. The van der Waals surface area contributed by atoms with Crippen LogP contribution >= 0.6 is 11.6 Å². The number of carbonyl (C=O) groups is 1. The lowest BCUT2D eigenvalue weighted by atomic mass is 9.98. The SMILES string of the molecule is O=C(c1ccc(S(=O)(=O)N2CCCC2)cc1)N1CC(c2nc(-c3cccc(Cl)c3)no2)C1. The van der Waals surface area contributed by atoms with E-state index in [9.17, 15) is 13.2 Å². The van der Waals surface area contributed by atoms with Crippen molar-refractivity contribution in [3.8, 4) is 11.4 Å². The van der Waals surface area contributed by atoms with Gasteiger partial charge in [0.15, 0.2) is 0 Å². The quantitative estimate of drug-likeness (QED) is 0.564. The Bertz CT molecular complexity index is 1250. The lowest BCUT2D eigenvalue weighted by Gasteiger charge is -2.37. The molecule has 2 saturated heterocycles. The molecule has 0 N–H and O–H groups in total. The largest absolute Gasteiger partial charge is 0.339 e. The fraction of sp³-hybridized carbons (Fsp3) is 0.318. The van der Waals surface area contributed by atoms with E-state index in [0.29, 0.717) is 48.5 Å². The van der Waals surface area contributed by atoms with Crippen LogP contribution in [0.3, 0.4) is 0 Å². The van der Waals surface area contributed by atoms with Crippen LogP contribution in [0.15, 0.2) is 57.9 Å².